The first kappa shape index (κ1) is 16.7. The summed E-state index contributed by atoms with van der Waals surface area (Å²) in [4.78, 5) is 0. The van der Waals surface area contributed by atoms with E-state index < -0.39 is 11.6 Å². The molecule has 0 heterocycles. The molecule has 1 aliphatic carbocycles. The minimum Gasteiger partial charge on any atom is -0.317 e. The van der Waals surface area contributed by atoms with Gasteiger partial charge in [-0.15, -0.1) is 0 Å². The Balaban J connectivity index is 2.00. The van der Waals surface area contributed by atoms with Gasteiger partial charge in [0.25, 0.3) is 0 Å². The second-order valence-electron chi connectivity index (χ2n) is 6.17. The largest absolute Gasteiger partial charge is 0.317 e. The molecular weight excluding hydrogens is 292 g/mol. The van der Waals surface area contributed by atoms with Gasteiger partial charge in [-0.3, -0.25) is 0 Å². The molecule has 1 N–H and O–H groups in total. The molecule has 0 amide bonds. The molecule has 21 heavy (non-hydrogen) atoms. The number of halogens is 3. The van der Waals surface area contributed by atoms with E-state index in [1.807, 2.05) is 0 Å². The maximum atomic E-state index is 13.4. The first-order valence-electron chi connectivity index (χ1n) is 7.90. The highest BCUT2D eigenvalue weighted by atomic mass is 35.5. The highest BCUT2D eigenvalue weighted by molar-refractivity contribution is 6.31. The Morgan fingerprint density at radius 3 is 2.48 bits per heavy atom. The molecule has 1 aromatic rings. The van der Waals surface area contributed by atoms with E-state index in [0.29, 0.717) is 10.4 Å². The van der Waals surface area contributed by atoms with Crippen molar-refractivity contribution in [1.82, 2.24) is 5.32 Å². The molecule has 1 nitrogen and oxygen atoms in total. The predicted molar refractivity (Wildman–Crippen MR) is 83.8 cm³/mol. The summed E-state index contributed by atoms with van der Waals surface area (Å²) in [5.41, 5.74) is 1.07. The van der Waals surface area contributed by atoms with E-state index in [4.69, 9.17) is 11.6 Å². The molecule has 0 radical (unpaired) electrons. The maximum absolute atomic E-state index is 13.4. The number of hydrogen-bond donors (Lipinski definition) is 1. The second kappa shape index (κ2) is 7.55. The summed E-state index contributed by atoms with van der Waals surface area (Å²) >= 11 is 6.04. The lowest BCUT2D eigenvalue weighted by molar-refractivity contribution is 0.246. The van der Waals surface area contributed by atoms with E-state index in [-0.39, 0.29) is 0 Å². The second-order valence-corrected chi connectivity index (χ2v) is 6.58. The Bertz CT molecular complexity index is 470. The van der Waals surface area contributed by atoms with E-state index in [0.717, 1.165) is 44.0 Å². The summed E-state index contributed by atoms with van der Waals surface area (Å²) in [6, 6.07) is 2.34. The Labute approximate surface area is 131 Å². The summed E-state index contributed by atoms with van der Waals surface area (Å²) < 4.78 is 26.5. The minimum absolute atomic E-state index is 0.341. The third-order valence-electron chi connectivity index (χ3n) is 4.76. The van der Waals surface area contributed by atoms with Gasteiger partial charge in [0.2, 0.25) is 0 Å². The Hall–Kier alpha value is -0.670. The fraction of sp³-hybridized carbons (Fsp3) is 0.647. The molecule has 0 bridgehead atoms. The van der Waals surface area contributed by atoms with Crippen molar-refractivity contribution >= 4 is 11.6 Å². The predicted octanol–water partition coefficient (Wildman–Crippen LogP) is 5.11. The van der Waals surface area contributed by atoms with Gasteiger partial charge >= 0.3 is 0 Å². The maximum Gasteiger partial charge on any atom is 0.160 e. The van der Waals surface area contributed by atoms with Crippen LogP contribution in [-0.2, 0) is 6.42 Å². The van der Waals surface area contributed by atoms with Crippen LogP contribution in [0.5, 0.6) is 0 Å². The topological polar surface area (TPSA) is 12.0 Å². The van der Waals surface area contributed by atoms with E-state index in [1.54, 1.807) is 0 Å². The summed E-state index contributed by atoms with van der Waals surface area (Å²) in [6.07, 6.45) is 7.90. The Morgan fingerprint density at radius 1 is 1.14 bits per heavy atom. The van der Waals surface area contributed by atoms with Crippen LogP contribution in [0.15, 0.2) is 12.1 Å². The van der Waals surface area contributed by atoms with E-state index in [1.165, 1.54) is 31.7 Å². The van der Waals surface area contributed by atoms with Crippen molar-refractivity contribution in [2.24, 2.45) is 5.41 Å². The van der Waals surface area contributed by atoms with Gasteiger partial charge in [0.05, 0.1) is 0 Å². The standard InChI is InChI=1S/C17H24ClF2N/c1-2-21-10-9-17(6-3-4-7-17)8-5-13-11-15(19)16(20)12-14(13)18/h11-12,21H,2-10H2,1H3. The molecule has 0 aliphatic heterocycles. The van der Waals surface area contributed by atoms with Crippen LogP contribution < -0.4 is 5.32 Å². The van der Waals surface area contributed by atoms with Gasteiger partial charge in [0.15, 0.2) is 11.6 Å². The van der Waals surface area contributed by atoms with Crippen molar-refractivity contribution < 1.29 is 8.78 Å². The van der Waals surface area contributed by atoms with Gasteiger partial charge in [-0.05, 0) is 68.3 Å². The van der Waals surface area contributed by atoms with Gasteiger partial charge in [-0.25, -0.2) is 8.78 Å². The van der Waals surface area contributed by atoms with Gasteiger partial charge in [0, 0.05) is 5.02 Å². The molecule has 0 spiro atoms. The lowest BCUT2D eigenvalue weighted by Gasteiger charge is -2.29. The van der Waals surface area contributed by atoms with Crippen LogP contribution in [0.1, 0.15) is 51.0 Å². The van der Waals surface area contributed by atoms with Crippen LogP contribution in [0, 0.1) is 17.0 Å². The molecular formula is C17H24ClF2N. The number of benzene rings is 1. The van der Waals surface area contributed by atoms with Crippen molar-refractivity contribution in [2.75, 3.05) is 13.1 Å². The van der Waals surface area contributed by atoms with Crippen molar-refractivity contribution in [1.29, 1.82) is 0 Å². The molecule has 0 atom stereocenters. The molecule has 1 fully saturated rings. The monoisotopic (exact) mass is 315 g/mol. The fourth-order valence-corrected chi connectivity index (χ4v) is 3.68. The number of hydrogen-bond acceptors (Lipinski definition) is 1. The molecule has 0 aromatic heterocycles. The molecule has 0 saturated heterocycles. The SMILES string of the molecule is CCNCCC1(CCc2cc(F)c(F)cc2Cl)CCCC1. The van der Waals surface area contributed by atoms with Crippen LogP contribution in [0.3, 0.4) is 0 Å². The zero-order chi connectivity index (χ0) is 15.3. The zero-order valence-electron chi connectivity index (χ0n) is 12.7. The first-order chi connectivity index (χ1) is 10.1. The van der Waals surface area contributed by atoms with Crippen molar-refractivity contribution in [3.63, 3.8) is 0 Å². The highest BCUT2D eigenvalue weighted by Gasteiger charge is 2.32. The summed E-state index contributed by atoms with van der Waals surface area (Å²) in [6.45, 7) is 4.13. The number of nitrogens with one attached hydrogen (secondary N) is 1. The van der Waals surface area contributed by atoms with Gasteiger partial charge < -0.3 is 5.32 Å². The third kappa shape index (κ3) is 4.40. The smallest absolute Gasteiger partial charge is 0.160 e. The summed E-state index contributed by atoms with van der Waals surface area (Å²) in [5, 5.41) is 3.73. The molecule has 2 rings (SSSR count). The molecule has 118 valence electrons. The van der Waals surface area contributed by atoms with Crippen LogP contribution in [0.4, 0.5) is 8.78 Å². The molecule has 4 heteroatoms. The Kier molecular flexibility index (Phi) is 6.00. The fourth-order valence-electron chi connectivity index (χ4n) is 3.44. The lowest BCUT2D eigenvalue weighted by atomic mass is 9.77. The molecule has 1 aliphatic rings. The van der Waals surface area contributed by atoms with Crippen LogP contribution in [0.25, 0.3) is 0 Å². The van der Waals surface area contributed by atoms with Crippen LogP contribution in [0.2, 0.25) is 5.02 Å². The quantitative estimate of drug-likeness (QED) is 0.544. The summed E-state index contributed by atoms with van der Waals surface area (Å²) in [5.74, 6) is -1.67. The van der Waals surface area contributed by atoms with Crippen molar-refractivity contribution in [3.05, 3.63) is 34.4 Å². The zero-order valence-corrected chi connectivity index (χ0v) is 13.4. The van der Waals surface area contributed by atoms with Crippen LogP contribution in [-0.4, -0.2) is 13.1 Å². The first-order valence-corrected chi connectivity index (χ1v) is 8.28. The van der Waals surface area contributed by atoms with Gasteiger partial charge in [0.1, 0.15) is 0 Å². The molecule has 0 unspecified atom stereocenters. The number of rotatable bonds is 7. The molecule has 1 aromatic carbocycles. The minimum atomic E-state index is -0.869. The Morgan fingerprint density at radius 2 is 1.81 bits per heavy atom. The van der Waals surface area contributed by atoms with E-state index in [2.05, 4.69) is 12.2 Å². The van der Waals surface area contributed by atoms with Crippen LogP contribution >= 0.6 is 11.6 Å². The van der Waals surface area contributed by atoms with Gasteiger partial charge in [-0.2, -0.15) is 0 Å². The normalized spacial score (nSPS) is 17.3. The third-order valence-corrected chi connectivity index (χ3v) is 5.11. The average molecular weight is 316 g/mol. The summed E-state index contributed by atoms with van der Waals surface area (Å²) in [7, 11) is 0. The lowest BCUT2D eigenvalue weighted by Crippen LogP contribution is -2.25. The van der Waals surface area contributed by atoms with E-state index in [9.17, 15) is 8.78 Å². The van der Waals surface area contributed by atoms with Gasteiger partial charge in [-0.1, -0.05) is 31.4 Å². The number of aryl methyl sites for hydroxylation is 1. The average Bonchev–Trinajstić information content (AvgIpc) is 2.91. The molecule has 1 saturated carbocycles. The highest BCUT2D eigenvalue weighted by Crippen LogP contribution is 2.44. The van der Waals surface area contributed by atoms with Crippen molar-refractivity contribution in [2.45, 2.75) is 51.9 Å². The van der Waals surface area contributed by atoms with E-state index >= 15 is 0 Å². The van der Waals surface area contributed by atoms with Crippen molar-refractivity contribution in [3.8, 4) is 0 Å².